The van der Waals surface area contributed by atoms with Crippen LogP contribution in [0.4, 0.5) is 0 Å². The molecule has 0 amide bonds. The Balaban J connectivity index is 2.58. The third kappa shape index (κ3) is 0.803. The zero-order chi connectivity index (χ0) is 9.54. The molecule has 3 rings (SSSR count). The monoisotopic (exact) mass is 179 g/mol. The van der Waals surface area contributed by atoms with Gasteiger partial charge in [-0.15, -0.1) is 0 Å². The van der Waals surface area contributed by atoms with Gasteiger partial charge in [0.05, 0.1) is 5.69 Å². The molecule has 0 bridgehead atoms. The van der Waals surface area contributed by atoms with Crippen LogP contribution in [0.3, 0.4) is 0 Å². The van der Waals surface area contributed by atoms with Gasteiger partial charge in [-0.1, -0.05) is 29.7 Å². The molecule has 1 nitrogen and oxygen atoms in total. The second kappa shape index (κ2) is 2.52. The van der Waals surface area contributed by atoms with Crippen LogP contribution in [0.15, 0.2) is 35.7 Å². The molecule has 0 radical (unpaired) electrons. The van der Waals surface area contributed by atoms with Gasteiger partial charge in [-0.05, 0) is 12.1 Å². The topological polar surface area (TPSA) is 4.93 Å². The summed E-state index contributed by atoms with van der Waals surface area (Å²) in [5.74, 6) is 0. The van der Waals surface area contributed by atoms with Crippen LogP contribution in [0.25, 0.3) is 23.1 Å². The molecule has 1 aromatic heterocycles. The molecule has 1 heterocycles. The molecule has 0 saturated heterocycles. The third-order valence-corrected chi connectivity index (χ3v) is 2.70. The first kappa shape index (κ1) is 7.46. The minimum Gasteiger partial charge on any atom is -0.343 e. The van der Waals surface area contributed by atoms with Gasteiger partial charge >= 0.3 is 0 Å². The van der Waals surface area contributed by atoms with Crippen molar-refractivity contribution in [1.29, 1.82) is 0 Å². The number of benzene rings is 1. The largest absolute Gasteiger partial charge is 0.343 e. The van der Waals surface area contributed by atoms with Crippen molar-refractivity contribution < 1.29 is 0 Å². The second-order valence-corrected chi connectivity index (χ2v) is 3.45. The van der Waals surface area contributed by atoms with Gasteiger partial charge in [0, 0.05) is 29.6 Å². The summed E-state index contributed by atoms with van der Waals surface area (Å²) >= 11 is 0. The maximum Gasteiger partial charge on any atom is 0.0580 e. The highest BCUT2D eigenvalue weighted by Gasteiger charge is 2.10. The average molecular weight is 179 g/mol. The molecular formula is C13H9N. The van der Waals surface area contributed by atoms with Crippen molar-refractivity contribution in [1.82, 2.24) is 4.57 Å². The van der Waals surface area contributed by atoms with E-state index in [0.717, 1.165) is 0 Å². The van der Waals surface area contributed by atoms with E-state index in [0.29, 0.717) is 0 Å². The Labute approximate surface area is 82.3 Å². The summed E-state index contributed by atoms with van der Waals surface area (Å²) < 4.78 is 2.19. The van der Waals surface area contributed by atoms with Gasteiger partial charge in [0.1, 0.15) is 0 Å². The van der Waals surface area contributed by atoms with Crippen LogP contribution in [-0.4, -0.2) is 4.57 Å². The van der Waals surface area contributed by atoms with Gasteiger partial charge in [0.15, 0.2) is 0 Å². The van der Waals surface area contributed by atoms with Crippen LogP contribution >= 0.6 is 0 Å². The molecule has 0 saturated carbocycles. The Morgan fingerprint density at radius 2 is 1.86 bits per heavy atom. The quantitative estimate of drug-likeness (QED) is 0.467. The normalized spacial score (nSPS) is 12.4. The fraction of sp³-hybridized carbons (Fsp3) is 0.0769. The fourth-order valence-corrected chi connectivity index (χ4v) is 1.99. The van der Waals surface area contributed by atoms with Gasteiger partial charge in [0.25, 0.3) is 0 Å². The zero-order valence-corrected chi connectivity index (χ0v) is 7.91. The van der Waals surface area contributed by atoms with Crippen LogP contribution < -0.4 is 0 Å². The first-order valence-electron chi connectivity index (χ1n) is 4.63. The lowest BCUT2D eigenvalue weighted by Crippen LogP contribution is -1.90. The van der Waals surface area contributed by atoms with E-state index in [-0.39, 0.29) is 0 Å². The SMILES string of the molecule is Cn1c2c(c3ccccc31)C=C=C=C2. The molecule has 0 atom stereocenters. The molecule has 1 aliphatic rings. The van der Waals surface area contributed by atoms with E-state index in [1.807, 2.05) is 12.2 Å². The Morgan fingerprint density at radius 3 is 2.79 bits per heavy atom. The summed E-state index contributed by atoms with van der Waals surface area (Å²) in [5.41, 5.74) is 9.72. The van der Waals surface area contributed by atoms with Gasteiger partial charge < -0.3 is 4.57 Å². The van der Waals surface area contributed by atoms with E-state index in [1.54, 1.807) is 0 Å². The number of aromatic nitrogens is 1. The molecule has 14 heavy (non-hydrogen) atoms. The summed E-state index contributed by atoms with van der Waals surface area (Å²) in [6.07, 6.45) is 3.98. The van der Waals surface area contributed by atoms with E-state index in [1.165, 1.54) is 22.2 Å². The van der Waals surface area contributed by atoms with E-state index in [9.17, 15) is 0 Å². The first-order chi connectivity index (χ1) is 6.88. The van der Waals surface area contributed by atoms with Crippen LogP contribution in [0.2, 0.25) is 0 Å². The Hall–Kier alpha value is -1.94. The molecule has 0 fully saturated rings. The lowest BCUT2D eigenvalue weighted by atomic mass is 10.1. The van der Waals surface area contributed by atoms with Crippen molar-refractivity contribution in [3.8, 4) is 0 Å². The molecule has 0 N–H and O–H groups in total. The Morgan fingerprint density at radius 1 is 1.07 bits per heavy atom. The van der Waals surface area contributed by atoms with Crippen LogP contribution in [0.1, 0.15) is 11.3 Å². The van der Waals surface area contributed by atoms with Crippen molar-refractivity contribution in [2.45, 2.75) is 0 Å². The number of fused-ring (bicyclic) bond motifs is 3. The van der Waals surface area contributed by atoms with E-state index < -0.39 is 0 Å². The van der Waals surface area contributed by atoms with Crippen LogP contribution in [0, 0.1) is 0 Å². The third-order valence-electron chi connectivity index (χ3n) is 2.70. The molecule has 0 aliphatic heterocycles. The van der Waals surface area contributed by atoms with Crippen molar-refractivity contribution in [2.24, 2.45) is 7.05 Å². The zero-order valence-electron chi connectivity index (χ0n) is 7.91. The standard InChI is InChI=1S/C13H9N/c1-14-12-8-4-2-6-10(12)11-7-3-5-9-13(11)14/h2,4,6-9H,1H3. The van der Waals surface area contributed by atoms with Crippen molar-refractivity contribution in [3.63, 3.8) is 0 Å². The van der Waals surface area contributed by atoms with E-state index in [2.05, 4.69) is 47.3 Å². The van der Waals surface area contributed by atoms with Gasteiger partial charge in [-0.2, -0.15) is 0 Å². The van der Waals surface area contributed by atoms with Crippen LogP contribution in [-0.2, 0) is 7.05 Å². The van der Waals surface area contributed by atoms with Gasteiger partial charge in [0.2, 0.25) is 0 Å². The Bertz CT molecular complexity index is 616. The summed E-state index contributed by atoms with van der Waals surface area (Å²) in [5, 5.41) is 1.29. The maximum absolute atomic E-state index is 3.00. The van der Waals surface area contributed by atoms with Crippen molar-refractivity contribution >= 4 is 23.1 Å². The number of aryl methyl sites for hydroxylation is 1. The van der Waals surface area contributed by atoms with E-state index >= 15 is 0 Å². The number of hydrogen-bond donors (Lipinski definition) is 0. The maximum atomic E-state index is 3.00. The average Bonchev–Trinajstić information content (AvgIpc) is 2.55. The molecular weight excluding hydrogens is 170 g/mol. The molecule has 0 unspecified atom stereocenters. The number of nitrogens with zero attached hydrogens (tertiary/aromatic N) is 1. The smallest absolute Gasteiger partial charge is 0.0580 e. The molecule has 1 heteroatoms. The molecule has 1 aromatic carbocycles. The highest BCUT2D eigenvalue weighted by molar-refractivity contribution is 5.94. The number of hydrogen-bond acceptors (Lipinski definition) is 0. The number of rotatable bonds is 0. The van der Waals surface area contributed by atoms with Crippen molar-refractivity contribution in [2.75, 3.05) is 0 Å². The minimum absolute atomic E-state index is 1.21. The van der Waals surface area contributed by atoms with Gasteiger partial charge in [-0.25, -0.2) is 0 Å². The number of para-hydroxylation sites is 1. The summed E-state index contributed by atoms with van der Waals surface area (Å²) in [4.78, 5) is 0. The predicted molar refractivity (Wildman–Crippen MR) is 58.9 cm³/mol. The van der Waals surface area contributed by atoms with E-state index in [4.69, 9.17) is 0 Å². The molecule has 0 spiro atoms. The Kier molecular flexibility index (Phi) is 1.35. The summed E-state index contributed by atoms with van der Waals surface area (Å²) in [7, 11) is 2.08. The molecule has 2 aromatic rings. The lowest BCUT2D eigenvalue weighted by Gasteiger charge is -1.98. The first-order valence-corrected chi connectivity index (χ1v) is 4.63. The van der Waals surface area contributed by atoms with Gasteiger partial charge in [-0.3, -0.25) is 0 Å². The summed E-state index contributed by atoms with van der Waals surface area (Å²) in [6, 6.07) is 8.41. The van der Waals surface area contributed by atoms with Crippen LogP contribution in [0.5, 0.6) is 0 Å². The second-order valence-electron chi connectivity index (χ2n) is 3.45. The fourth-order valence-electron chi connectivity index (χ4n) is 1.99. The van der Waals surface area contributed by atoms with Crippen molar-refractivity contribution in [3.05, 3.63) is 47.0 Å². The molecule has 1 aliphatic carbocycles. The summed E-state index contributed by atoms with van der Waals surface area (Å²) in [6.45, 7) is 0. The predicted octanol–water partition coefficient (Wildman–Crippen LogP) is 2.97. The minimum atomic E-state index is 1.21. The highest BCUT2D eigenvalue weighted by atomic mass is 14.9. The molecule has 66 valence electrons. The highest BCUT2D eigenvalue weighted by Crippen LogP contribution is 2.27. The lowest BCUT2D eigenvalue weighted by molar-refractivity contribution is 0.953.